The Hall–Kier alpha value is -3.81. The Kier molecular flexibility index (Phi) is 7.26. The van der Waals surface area contributed by atoms with E-state index >= 15 is 0 Å². The number of likely N-dealkylation sites (tertiary alicyclic amines) is 1. The molecule has 3 aliphatic rings. The van der Waals surface area contributed by atoms with Crippen LogP contribution in [0.25, 0.3) is 0 Å². The summed E-state index contributed by atoms with van der Waals surface area (Å²) in [5.41, 5.74) is 4.29. The van der Waals surface area contributed by atoms with Crippen LogP contribution in [0.3, 0.4) is 0 Å². The summed E-state index contributed by atoms with van der Waals surface area (Å²) in [6.45, 7) is 4.14. The van der Waals surface area contributed by atoms with Gasteiger partial charge in [0.15, 0.2) is 0 Å². The van der Waals surface area contributed by atoms with E-state index in [2.05, 4.69) is 58.3 Å². The second kappa shape index (κ2) is 11.1. The molecule has 3 aromatic carbocycles. The lowest BCUT2D eigenvalue weighted by atomic mass is 9.96. The minimum Gasteiger partial charge on any atom is -0.312 e. The van der Waals surface area contributed by atoms with Crippen LogP contribution in [0.2, 0.25) is 0 Å². The first-order valence-corrected chi connectivity index (χ1v) is 13.9. The van der Waals surface area contributed by atoms with E-state index in [1.807, 2.05) is 36.4 Å². The highest BCUT2D eigenvalue weighted by atomic mass is 16.2. The van der Waals surface area contributed by atoms with E-state index in [0.717, 1.165) is 50.4 Å². The average Bonchev–Trinajstić information content (AvgIpc) is 3.53. The third-order valence-electron chi connectivity index (χ3n) is 8.27. The van der Waals surface area contributed by atoms with Crippen LogP contribution in [0.15, 0.2) is 84.9 Å². The predicted molar refractivity (Wildman–Crippen MR) is 150 cm³/mol. The van der Waals surface area contributed by atoms with Crippen molar-refractivity contribution in [3.05, 3.63) is 102 Å². The molecule has 0 aromatic heterocycles. The molecule has 3 saturated heterocycles. The number of carbonyl (C=O) groups is 3. The first-order chi connectivity index (χ1) is 19.1. The molecule has 0 bridgehead atoms. The van der Waals surface area contributed by atoms with Crippen molar-refractivity contribution in [2.75, 3.05) is 37.6 Å². The largest absolute Gasteiger partial charge is 0.312 e. The van der Waals surface area contributed by atoms with Gasteiger partial charge in [0.05, 0.1) is 25.0 Å². The molecule has 0 radical (unpaired) electrons. The van der Waals surface area contributed by atoms with Crippen LogP contribution >= 0.6 is 0 Å². The van der Waals surface area contributed by atoms with Crippen molar-refractivity contribution in [2.45, 2.75) is 37.9 Å². The van der Waals surface area contributed by atoms with Crippen LogP contribution < -0.4 is 4.90 Å². The third kappa shape index (κ3) is 5.24. The molecule has 0 aliphatic carbocycles. The van der Waals surface area contributed by atoms with Crippen LogP contribution in [0.4, 0.5) is 5.69 Å². The molecular weight excluding hydrogens is 488 g/mol. The minimum atomic E-state index is -0.395. The fourth-order valence-electron chi connectivity index (χ4n) is 6.19. The molecule has 0 N–H and O–H groups in total. The molecular formula is C32H34N4O3. The molecule has 3 aromatic rings. The van der Waals surface area contributed by atoms with Crippen molar-refractivity contribution in [3.8, 4) is 0 Å². The second-order valence-electron chi connectivity index (χ2n) is 10.6. The Morgan fingerprint density at radius 1 is 0.692 bits per heavy atom. The number of rotatable bonds is 7. The highest BCUT2D eigenvalue weighted by Gasteiger charge is 2.43. The maximum Gasteiger partial charge on any atom is 0.247 e. The summed E-state index contributed by atoms with van der Waals surface area (Å²) in [6.07, 6.45) is 1.71. The van der Waals surface area contributed by atoms with Crippen LogP contribution in [0.5, 0.6) is 0 Å². The fourth-order valence-corrected chi connectivity index (χ4v) is 6.19. The molecule has 0 spiro atoms. The van der Waals surface area contributed by atoms with Crippen LogP contribution in [-0.2, 0) is 20.9 Å². The molecule has 3 amide bonds. The molecule has 3 aliphatic heterocycles. The smallest absolute Gasteiger partial charge is 0.247 e. The molecule has 200 valence electrons. The van der Waals surface area contributed by atoms with E-state index in [9.17, 15) is 14.4 Å². The van der Waals surface area contributed by atoms with Gasteiger partial charge in [0.25, 0.3) is 0 Å². The zero-order valence-electron chi connectivity index (χ0n) is 22.1. The highest BCUT2D eigenvalue weighted by Crippen LogP contribution is 2.31. The van der Waals surface area contributed by atoms with E-state index in [0.29, 0.717) is 6.42 Å². The second-order valence-corrected chi connectivity index (χ2v) is 10.6. The fraction of sp³-hybridized carbons (Fsp3) is 0.344. The Labute approximate surface area is 229 Å². The summed E-state index contributed by atoms with van der Waals surface area (Å²) >= 11 is 0. The molecule has 3 fully saturated rings. The van der Waals surface area contributed by atoms with Crippen LogP contribution in [0, 0.1) is 0 Å². The summed E-state index contributed by atoms with van der Waals surface area (Å²) in [4.78, 5) is 46.2. The van der Waals surface area contributed by atoms with Gasteiger partial charge in [-0.25, -0.2) is 0 Å². The van der Waals surface area contributed by atoms with Gasteiger partial charge in [-0.3, -0.25) is 29.1 Å². The van der Waals surface area contributed by atoms with Crippen molar-refractivity contribution >= 4 is 23.4 Å². The summed E-state index contributed by atoms with van der Waals surface area (Å²) in [7, 11) is 0. The van der Waals surface area contributed by atoms with Gasteiger partial charge in [0, 0.05) is 44.8 Å². The Morgan fingerprint density at radius 3 is 1.87 bits per heavy atom. The maximum atomic E-state index is 13.4. The molecule has 0 unspecified atom stereocenters. The van der Waals surface area contributed by atoms with Crippen LogP contribution in [0.1, 0.15) is 42.0 Å². The monoisotopic (exact) mass is 522 g/mol. The highest BCUT2D eigenvalue weighted by molar-refractivity contribution is 6.05. The van der Waals surface area contributed by atoms with Gasteiger partial charge < -0.3 is 4.90 Å². The summed E-state index contributed by atoms with van der Waals surface area (Å²) in [5.74, 6) is -0.0676. The standard InChI is InChI=1S/C32H34N4O3/c37-29-12-7-17-35(29)27-15-13-24(14-16-27)23-36-30(38)22-28(32(36)39)33-18-20-34(21-19-33)31(25-8-3-1-4-9-25)26-10-5-2-6-11-26/h1-6,8-11,13-16,28,31H,7,12,17-23H2/t28-/m1/s1. The summed E-state index contributed by atoms with van der Waals surface area (Å²) in [5, 5.41) is 0. The number of nitrogens with zero attached hydrogens (tertiary/aromatic N) is 4. The predicted octanol–water partition coefficient (Wildman–Crippen LogP) is 3.85. The molecule has 7 heteroatoms. The van der Waals surface area contributed by atoms with Gasteiger partial charge >= 0.3 is 0 Å². The lowest BCUT2D eigenvalue weighted by Gasteiger charge is -2.41. The van der Waals surface area contributed by atoms with Gasteiger partial charge in [-0.15, -0.1) is 0 Å². The van der Waals surface area contributed by atoms with Gasteiger partial charge in [-0.2, -0.15) is 0 Å². The SMILES string of the molecule is O=C1C[C@@H](N2CCN(C(c3ccccc3)c3ccccc3)CC2)C(=O)N1Cc1ccc(N2CCCC2=O)cc1. The lowest BCUT2D eigenvalue weighted by Crippen LogP contribution is -2.53. The number of anilines is 1. The summed E-state index contributed by atoms with van der Waals surface area (Å²) in [6, 6.07) is 28.5. The van der Waals surface area contributed by atoms with Crippen molar-refractivity contribution in [3.63, 3.8) is 0 Å². The minimum absolute atomic E-state index is 0.102. The lowest BCUT2D eigenvalue weighted by molar-refractivity contribution is -0.140. The van der Waals surface area contributed by atoms with Gasteiger partial charge in [-0.05, 0) is 35.2 Å². The quantitative estimate of drug-likeness (QED) is 0.441. The number of carbonyl (C=O) groups excluding carboxylic acids is 3. The topological polar surface area (TPSA) is 64.2 Å². The van der Waals surface area contributed by atoms with E-state index in [-0.39, 0.29) is 36.7 Å². The number of benzene rings is 3. The molecule has 0 saturated carbocycles. The normalized spacial score (nSPS) is 20.9. The molecule has 6 rings (SSSR count). The van der Waals surface area contributed by atoms with E-state index in [1.165, 1.54) is 16.0 Å². The van der Waals surface area contributed by atoms with Crippen molar-refractivity contribution in [1.29, 1.82) is 0 Å². The van der Waals surface area contributed by atoms with E-state index in [1.54, 1.807) is 4.90 Å². The number of hydrogen-bond acceptors (Lipinski definition) is 5. The molecule has 3 heterocycles. The number of piperazine rings is 1. The van der Waals surface area contributed by atoms with Gasteiger partial charge in [0.1, 0.15) is 0 Å². The first kappa shape index (κ1) is 25.5. The van der Waals surface area contributed by atoms with Crippen molar-refractivity contribution in [2.24, 2.45) is 0 Å². The average molecular weight is 523 g/mol. The Bertz CT molecular complexity index is 1280. The van der Waals surface area contributed by atoms with E-state index in [4.69, 9.17) is 0 Å². The first-order valence-electron chi connectivity index (χ1n) is 13.9. The summed E-state index contributed by atoms with van der Waals surface area (Å²) < 4.78 is 0. The number of imide groups is 1. The van der Waals surface area contributed by atoms with Crippen molar-refractivity contribution in [1.82, 2.24) is 14.7 Å². The maximum absolute atomic E-state index is 13.4. The number of hydrogen-bond donors (Lipinski definition) is 0. The zero-order chi connectivity index (χ0) is 26.8. The zero-order valence-corrected chi connectivity index (χ0v) is 22.1. The Morgan fingerprint density at radius 2 is 1.31 bits per heavy atom. The Balaban J connectivity index is 1.10. The van der Waals surface area contributed by atoms with Crippen molar-refractivity contribution < 1.29 is 14.4 Å². The van der Waals surface area contributed by atoms with Gasteiger partial charge in [-0.1, -0.05) is 72.8 Å². The molecule has 7 nitrogen and oxygen atoms in total. The van der Waals surface area contributed by atoms with Gasteiger partial charge in [0.2, 0.25) is 17.7 Å². The van der Waals surface area contributed by atoms with E-state index < -0.39 is 6.04 Å². The van der Waals surface area contributed by atoms with Crippen LogP contribution in [-0.4, -0.2) is 71.2 Å². The molecule has 1 atom stereocenters. The number of amides is 3. The molecule has 39 heavy (non-hydrogen) atoms. The third-order valence-corrected chi connectivity index (χ3v) is 8.27.